The molecule has 0 aliphatic rings. The SMILES string of the molecule is CSc1ccc(C(=O)O[C@H](C(=O)Nc2cccc(C(C)=O)c2)c2ccccc2)cc1. The number of thioether (sulfide) groups is 1. The number of benzene rings is 3. The smallest absolute Gasteiger partial charge is 0.339 e. The summed E-state index contributed by atoms with van der Waals surface area (Å²) in [7, 11) is 0. The predicted octanol–water partition coefficient (Wildman–Crippen LogP) is 5.15. The fourth-order valence-corrected chi connectivity index (χ4v) is 3.23. The molecule has 0 heterocycles. The highest BCUT2D eigenvalue weighted by molar-refractivity contribution is 7.98. The fourth-order valence-electron chi connectivity index (χ4n) is 2.83. The van der Waals surface area contributed by atoms with E-state index in [1.165, 1.54) is 6.92 Å². The van der Waals surface area contributed by atoms with Crippen LogP contribution in [0.1, 0.15) is 39.3 Å². The Bertz CT molecular complexity index is 1050. The Morgan fingerprint density at radius 1 is 0.867 bits per heavy atom. The third kappa shape index (κ3) is 5.36. The molecule has 152 valence electrons. The number of nitrogens with one attached hydrogen (secondary N) is 1. The molecule has 1 N–H and O–H groups in total. The molecule has 1 atom stereocenters. The lowest BCUT2D eigenvalue weighted by molar-refractivity contribution is -0.125. The highest BCUT2D eigenvalue weighted by atomic mass is 32.2. The number of Topliss-reactive ketones (excluding diaryl/α,β-unsaturated/α-hetero) is 1. The summed E-state index contributed by atoms with van der Waals surface area (Å²) in [6, 6.07) is 22.4. The number of ketones is 1. The fraction of sp³-hybridized carbons (Fsp3) is 0.125. The largest absolute Gasteiger partial charge is 0.444 e. The average Bonchev–Trinajstić information content (AvgIpc) is 2.78. The molecule has 0 unspecified atom stereocenters. The molecule has 5 nitrogen and oxygen atoms in total. The van der Waals surface area contributed by atoms with Crippen LogP contribution in [0.2, 0.25) is 0 Å². The summed E-state index contributed by atoms with van der Waals surface area (Å²) < 4.78 is 5.58. The molecular weight excluding hydrogens is 398 g/mol. The zero-order valence-corrected chi connectivity index (χ0v) is 17.4. The van der Waals surface area contributed by atoms with E-state index < -0.39 is 18.0 Å². The van der Waals surface area contributed by atoms with Crippen LogP contribution in [0.4, 0.5) is 5.69 Å². The van der Waals surface area contributed by atoms with Crippen molar-refractivity contribution in [1.82, 2.24) is 0 Å². The normalized spacial score (nSPS) is 11.4. The molecule has 0 saturated heterocycles. The van der Waals surface area contributed by atoms with Crippen LogP contribution in [0.25, 0.3) is 0 Å². The van der Waals surface area contributed by atoms with Crippen LogP contribution < -0.4 is 5.32 Å². The van der Waals surface area contributed by atoms with Crippen molar-refractivity contribution in [1.29, 1.82) is 0 Å². The third-order valence-electron chi connectivity index (χ3n) is 4.43. The topological polar surface area (TPSA) is 72.5 Å². The van der Waals surface area contributed by atoms with Crippen LogP contribution in [0, 0.1) is 0 Å². The van der Waals surface area contributed by atoms with Gasteiger partial charge in [-0.1, -0.05) is 42.5 Å². The van der Waals surface area contributed by atoms with Gasteiger partial charge < -0.3 is 10.1 Å². The molecule has 0 bridgehead atoms. The molecular formula is C24H21NO4S. The van der Waals surface area contributed by atoms with Gasteiger partial charge in [0.05, 0.1) is 5.56 Å². The van der Waals surface area contributed by atoms with Gasteiger partial charge in [-0.3, -0.25) is 9.59 Å². The first kappa shape index (κ1) is 21.3. The van der Waals surface area contributed by atoms with E-state index in [0.717, 1.165) is 4.90 Å². The van der Waals surface area contributed by atoms with Crippen molar-refractivity contribution >= 4 is 35.1 Å². The van der Waals surface area contributed by atoms with E-state index >= 15 is 0 Å². The first-order valence-corrected chi connectivity index (χ1v) is 10.5. The number of carbonyl (C=O) groups excluding carboxylic acids is 3. The Labute approximate surface area is 179 Å². The van der Waals surface area contributed by atoms with Crippen molar-refractivity contribution in [3.63, 3.8) is 0 Å². The molecule has 1 amide bonds. The van der Waals surface area contributed by atoms with Crippen molar-refractivity contribution in [2.75, 3.05) is 11.6 Å². The highest BCUT2D eigenvalue weighted by Gasteiger charge is 2.26. The number of rotatable bonds is 7. The summed E-state index contributed by atoms with van der Waals surface area (Å²) in [4.78, 5) is 38.3. The second-order valence-corrected chi connectivity index (χ2v) is 7.43. The van der Waals surface area contributed by atoms with Gasteiger partial charge in [0.25, 0.3) is 5.91 Å². The van der Waals surface area contributed by atoms with Crippen LogP contribution in [-0.4, -0.2) is 23.9 Å². The van der Waals surface area contributed by atoms with Crippen molar-refractivity contribution < 1.29 is 19.1 Å². The molecule has 0 fully saturated rings. The van der Waals surface area contributed by atoms with Crippen LogP contribution in [0.3, 0.4) is 0 Å². The summed E-state index contributed by atoms with van der Waals surface area (Å²) in [6.45, 7) is 1.46. The van der Waals surface area contributed by atoms with E-state index in [9.17, 15) is 14.4 Å². The number of carbonyl (C=O) groups is 3. The lowest BCUT2D eigenvalue weighted by Crippen LogP contribution is -2.26. The van der Waals surface area contributed by atoms with Gasteiger partial charge in [-0.15, -0.1) is 11.8 Å². The van der Waals surface area contributed by atoms with Crippen LogP contribution >= 0.6 is 11.8 Å². The van der Waals surface area contributed by atoms with Gasteiger partial charge in [-0.05, 0) is 49.6 Å². The van der Waals surface area contributed by atoms with Gasteiger partial charge in [0.1, 0.15) is 0 Å². The first-order chi connectivity index (χ1) is 14.5. The zero-order chi connectivity index (χ0) is 21.5. The summed E-state index contributed by atoms with van der Waals surface area (Å²) in [5.41, 5.74) is 1.84. The number of esters is 1. The lowest BCUT2D eigenvalue weighted by atomic mass is 10.1. The van der Waals surface area contributed by atoms with Crippen molar-refractivity contribution in [2.24, 2.45) is 0 Å². The lowest BCUT2D eigenvalue weighted by Gasteiger charge is -2.18. The summed E-state index contributed by atoms with van der Waals surface area (Å²) >= 11 is 1.57. The van der Waals surface area contributed by atoms with Crippen LogP contribution in [0.5, 0.6) is 0 Å². The van der Waals surface area contributed by atoms with Gasteiger partial charge in [0.2, 0.25) is 6.10 Å². The quantitative estimate of drug-likeness (QED) is 0.326. The third-order valence-corrected chi connectivity index (χ3v) is 5.17. The standard InChI is InChI=1S/C24H21NO4S/c1-16(26)19-9-6-10-20(15-19)25-23(27)22(17-7-4-3-5-8-17)29-24(28)18-11-13-21(30-2)14-12-18/h3-15,22H,1-2H3,(H,25,27)/t22-/m0/s1. The maximum atomic E-state index is 13.0. The Kier molecular flexibility index (Phi) is 7.03. The second-order valence-electron chi connectivity index (χ2n) is 6.55. The van der Waals surface area contributed by atoms with E-state index in [-0.39, 0.29) is 5.78 Å². The van der Waals surface area contributed by atoms with Crippen molar-refractivity contribution in [3.05, 3.63) is 95.6 Å². The predicted molar refractivity (Wildman–Crippen MR) is 118 cm³/mol. The molecule has 30 heavy (non-hydrogen) atoms. The highest BCUT2D eigenvalue weighted by Crippen LogP contribution is 2.23. The molecule has 6 heteroatoms. The maximum Gasteiger partial charge on any atom is 0.339 e. The number of anilines is 1. The number of ether oxygens (including phenoxy) is 1. The summed E-state index contributed by atoms with van der Waals surface area (Å²) in [6.07, 6.45) is 0.810. The zero-order valence-electron chi connectivity index (χ0n) is 16.6. The molecule has 0 spiro atoms. The Hall–Kier alpha value is -3.38. The van der Waals surface area contributed by atoms with Crippen LogP contribution in [-0.2, 0) is 9.53 Å². The van der Waals surface area contributed by atoms with Gasteiger partial charge in [-0.2, -0.15) is 0 Å². The molecule has 3 rings (SSSR count). The van der Waals surface area contributed by atoms with Gasteiger partial charge in [-0.25, -0.2) is 4.79 Å². The molecule has 0 aromatic heterocycles. The number of hydrogen-bond donors (Lipinski definition) is 1. The molecule has 3 aromatic rings. The minimum absolute atomic E-state index is 0.106. The first-order valence-electron chi connectivity index (χ1n) is 9.30. The number of hydrogen-bond acceptors (Lipinski definition) is 5. The van der Waals surface area contributed by atoms with Crippen LogP contribution in [0.15, 0.2) is 83.8 Å². The molecule has 3 aromatic carbocycles. The van der Waals surface area contributed by atoms with E-state index in [1.54, 1.807) is 72.4 Å². The Morgan fingerprint density at radius 3 is 2.20 bits per heavy atom. The molecule has 0 saturated carbocycles. The Balaban J connectivity index is 1.83. The molecule has 0 radical (unpaired) electrons. The average molecular weight is 420 g/mol. The van der Waals surface area contributed by atoms with Crippen molar-refractivity contribution in [2.45, 2.75) is 17.9 Å². The van der Waals surface area contributed by atoms with Crippen molar-refractivity contribution in [3.8, 4) is 0 Å². The van der Waals surface area contributed by atoms with Gasteiger partial charge in [0.15, 0.2) is 5.78 Å². The van der Waals surface area contributed by atoms with E-state index in [1.807, 2.05) is 24.5 Å². The minimum Gasteiger partial charge on any atom is -0.444 e. The monoisotopic (exact) mass is 419 g/mol. The minimum atomic E-state index is -1.14. The van der Waals surface area contributed by atoms with E-state index in [4.69, 9.17) is 4.74 Å². The molecule has 0 aliphatic carbocycles. The van der Waals surface area contributed by atoms with Gasteiger partial charge >= 0.3 is 5.97 Å². The van der Waals surface area contributed by atoms with E-state index in [2.05, 4.69) is 5.32 Å². The summed E-state index contributed by atoms with van der Waals surface area (Å²) in [5, 5.41) is 2.74. The summed E-state index contributed by atoms with van der Waals surface area (Å²) in [5.74, 6) is -1.20. The van der Waals surface area contributed by atoms with E-state index in [0.29, 0.717) is 22.4 Å². The Morgan fingerprint density at radius 2 is 1.57 bits per heavy atom. The van der Waals surface area contributed by atoms with Gasteiger partial charge in [0, 0.05) is 21.7 Å². The second kappa shape index (κ2) is 9.89. The number of amides is 1. The maximum absolute atomic E-state index is 13.0. The molecule has 0 aliphatic heterocycles.